The highest BCUT2D eigenvalue weighted by atomic mass is 16.5. The van der Waals surface area contributed by atoms with Crippen molar-refractivity contribution < 1.29 is 24.5 Å². The van der Waals surface area contributed by atoms with Crippen LogP contribution in [0.2, 0.25) is 0 Å². The zero-order valence-electron chi connectivity index (χ0n) is 66.1. The van der Waals surface area contributed by atoms with Crippen molar-refractivity contribution in [2.75, 3.05) is 13.2 Å². The van der Waals surface area contributed by atoms with Gasteiger partial charge in [0.05, 0.1) is 25.4 Å². The first-order chi connectivity index (χ1) is 48.0. The Balaban J connectivity index is 3.32. The summed E-state index contributed by atoms with van der Waals surface area (Å²) in [5, 5.41) is 23.5. The first-order valence-electron chi connectivity index (χ1n) is 44.7. The van der Waals surface area contributed by atoms with E-state index in [0.717, 1.165) is 44.9 Å². The summed E-state index contributed by atoms with van der Waals surface area (Å²) in [6.45, 7) is 4.99. The summed E-state index contributed by atoms with van der Waals surface area (Å²) in [6, 6.07) is -0.539. The molecule has 574 valence electrons. The lowest BCUT2D eigenvalue weighted by atomic mass is 10.0. The number of ether oxygens (including phenoxy) is 1. The molecule has 3 N–H and O–H groups in total. The number of aliphatic hydroxyl groups is 2. The summed E-state index contributed by atoms with van der Waals surface area (Å²) >= 11 is 0. The van der Waals surface area contributed by atoms with E-state index in [1.54, 1.807) is 0 Å². The number of allylic oxidation sites excluding steroid dienone is 6. The normalized spacial score (nSPS) is 12.6. The summed E-state index contributed by atoms with van der Waals surface area (Å²) in [5.41, 5.74) is 0. The average Bonchev–Trinajstić information content (AvgIpc) is 2.51. The lowest BCUT2D eigenvalue weighted by Crippen LogP contribution is -2.45. The highest BCUT2D eigenvalue weighted by molar-refractivity contribution is 5.76. The minimum absolute atomic E-state index is 0.0197. The summed E-state index contributed by atoms with van der Waals surface area (Å²) in [6.07, 6.45) is 114. The predicted molar refractivity (Wildman–Crippen MR) is 430 cm³/mol. The van der Waals surface area contributed by atoms with Gasteiger partial charge in [-0.05, 0) is 83.5 Å². The molecule has 0 spiro atoms. The number of carbonyl (C=O) groups is 2. The fraction of sp³-hybridized carbons (Fsp3) is 0.912. The van der Waals surface area contributed by atoms with Gasteiger partial charge in [-0.25, -0.2) is 0 Å². The molecule has 0 rings (SSSR count). The third-order valence-electron chi connectivity index (χ3n) is 21.2. The summed E-state index contributed by atoms with van der Waals surface area (Å²) in [4.78, 5) is 24.7. The molecule has 0 saturated heterocycles. The van der Waals surface area contributed by atoms with E-state index < -0.39 is 12.1 Å². The molecule has 0 radical (unpaired) electrons. The molecule has 0 saturated carbocycles. The Morgan fingerprint density at radius 1 is 0.289 bits per heavy atom. The molecule has 0 aliphatic heterocycles. The molecule has 0 aromatic heterocycles. The topological polar surface area (TPSA) is 95.9 Å². The van der Waals surface area contributed by atoms with E-state index in [0.29, 0.717) is 25.9 Å². The van der Waals surface area contributed by atoms with Crippen LogP contribution in [0.4, 0.5) is 0 Å². The minimum Gasteiger partial charge on any atom is -0.466 e. The number of unbranched alkanes of at least 4 members (excludes halogenated alkanes) is 68. The molecule has 0 aromatic carbocycles. The van der Waals surface area contributed by atoms with E-state index in [4.69, 9.17) is 4.74 Å². The molecule has 0 aliphatic rings. The van der Waals surface area contributed by atoms with Crippen molar-refractivity contribution in [3.05, 3.63) is 36.5 Å². The third kappa shape index (κ3) is 82.9. The van der Waals surface area contributed by atoms with Gasteiger partial charge in [0, 0.05) is 12.8 Å². The van der Waals surface area contributed by atoms with E-state index in [1.807, 2.05) is 0 Å². The van der Waals surface area contributed by atoms with Crippen LogP contribution in [0, 0.1) is 0 Å². The Kier molecular flexibility index (Phi) is 84.8. The number of nitrogens with one attached hydrogen (secondary N) is 1. The van der Waals surface area contributed by atoms with Crippen molar-refractivity contribution in [1.29, 1.82) is 0 Å². The van der Waals surface area contributed by atoms with E-state index in [-0.39, 0.29) is 18.5 Å². The molecule has 0 aromatic rings. The molecule has 1 amide bonds. The molecule has 0 fully saturated rings. The number of amides is 1. The van der Waals surface area contributed by atoms with Gasteiger partial charge in [0.1, 0.15) is 0 Å². The number of esters is 1. The van der Waals surface area contributed by atoms with Gasteiger partial charge in [-0.1, -0.05) is 448 Å². The minimum atomic E-state index is -0.663. The van der Waals surface area contributed by atoms with Crippen molar-refractivity contribution in [3.63, 3.8) is 0 Å². The second-order valence-electron chi connectivity index (χ2n) is 30.9. The van der Waals surface area contributed by atoms with Crippen LogP contribution in [0.5, 0.6) is 0 Å². The lowest BCUT2D eigenvalue weighted by molar-refractivity contribution is -0.143. The first kappa shape index (κ1) is 95.1. The maximum absolute atomic E-state index is 12.6. The van der Waals surface area contributed by atoms with Crippen LogP contribution in [-0.4, -0.2) is 47.4 Å². The second-order valence-corrected chi connectivity index (χ2v) is 30.9. The smallest absolute Gasteiger partial charge is 0.305 e. The second kappa shape index (κ2) is 86.5. The SMILES string of the molecule is CCCCC/C=C\C/C=C\CCCCCCCCCCCC(=O)OCCCCCCCCCCCCCCCCCCCC/C=C\CCCCCCCCCCCCCCCCCCCC(=O)NC(CO)C(O)CCCCCCCCCCCCCCCCCCCCCCCC. The van der Waals surface area contributed by atoms with Crippen molar-refractivity contribution in [3.8, 4) is 0 Å². The van der Waals surface area contributed by atoms with E-state index >= 15 is 0 Å². The molecule has 2 atom stereocenters. The Hall–Kier alpha value is -1.92. The standard InChI is InChI=1S/C91H175NO5/c1-3-5-7-9-11-13-15-17-19-21-23-24-44-48-51-55-59-63-67-71-75-79-83-89(94)88(87-93)92-90(95)84-80-76-72-68-64-60-56-52-49-45-42-40-38-36-34-32-30-28-26-25-27-29-31-33-35-37-39-41-43-46-50-54-58-62-66-70-74-78-82-86-97-91(96)85-81-77-73-69-65-61-57-53-47-22-20-18-16-14-12-10-8-6-4-2/h12,14,18,20,25-26,88-89,93-94H,3-11,13,15-17,19,21-24,27-87H2,1-2H3,(H,92,95)/b14-12-,20-18-,26-25-. The Morgan fingerprint density at radius 2 is 0.515 bits per heavy atom. The maximum atomic E-state index is 12.6. The molecule has 6 nitrogen and oxygen atoms in total. The fourth-order valence-corrected chi connectivity index (χ4v) is 14.4. The van der Waals surface area contributed by atoms with Crippen LogP contribution in [0.3, 0.4) is 0 Å². The van der Waals surface area contributed by atoms with Gasteiger partial charge in [0.25, 0.3) is 0 Å². The summed E-state index contributed by atoms with van der Waals surface area (Å²) < 4.78 is 5.52. The Labute approximate surface area is 608 Å². The highest BCUT2D eigenvalue weighted by Crippen LogP contribution is 2.21. The molecule has 6 heteroatoms. The number of aliphatic hydroxyl groups excluding tert-OH is 2. The van der Waals surface area contributed by atoms with Crippen LogP contribution in [0.25, 0.3) is 0 Å². The van der Waals surface area contributed by atoms with Crippen LogP contribution in [0.15, 0.2) is 36.5 Å². The van der Waals surface area contributed by atoms with Crippen LogP contribution in [0.1, 0.15) is 508 Å². The Morgan fingerprint density at radius 3 is 0.814 bits per heavy atom. The van der Waals surface area contributed by atoms with Gasteiger partial charge in [-0.15, -0.1) is 0 Å². The first-order valence-corrected chi connectivity index (χ1v) is 44.7. The molecule has 0 heterocycles. The van der Waals surface area contributed by atoms with E-state index in [1.165, 1.54) is 430 Å². The summed E-state index contributed by atoms with van der Waals surface area (Å²) in [5.74, 6) is -0.00503. The monoisotopic (exact) mass is 1360 g/mol. The van der Waals surface area contributed by atoms with Gasteiger partial charge in [-0.3, -0.25) is 9.59 Å². The van der Waals surface area contributed by atoms with Gasteiger partial charge >= 0.3 is 5.97 Å². The largest absolute Gasteiger partial charge is 0.466 e. The average molecular weight is 1360 g/mol. The van der Waals surface area contributed by atoms with Gasteiger partial charge in [0.2, 0.25) is 5.91 Å². The zero-order chi connectivity index (χ0) is 69.8. The quantitative estimate of drug-likeness (QED) is 0.0320. The predicted octanol–water partition coefficient (Wildman–Crippen LogP) is 30.1. The van der Waals surface area contributed by atoms with Crippen molar-refractivity contribution in [2.24, 2.45) is 0 Å². The van der Waals surface area contributed by atoms with Crippen LogP contribution in [-0.2, 0) is 14.3 Å². The number of rotatable bonds is 85. The highest BCUT2D eigenvalue weighted by Gasteiger charge is 2.20. The van der Waals surface area contributed by atoms with E-state index in [9.17, 15) is 19.8 Å². The maximum Gasteiger partial charge on any atom is 0.305 e. The van der Waals surface area contributed by atoms with Crippen LogP contribution >= 0.6 is 0 Å². The molecular weight excluding hydrogens is 1190 g/mol. The van der Waals surface area contributed by atoms with Gasteiger partial charge in [0.15, 0.2) is 0 Å². The number of hydrogen-bond donors (Lipinski definition) is 3. The van der Waals surface area contributed by atoms with Crippen molar-refractivity contribution in [1.82, 2.24) is 5.32 Å². The fourth-order valence-electron chi connectivity index (χ4n) is 14.4. The molecule has 2 unspecified atom stereocenters. The number of carbonyl (C=O) groups excluding carboxylic acids is 2. The lowest BCUT2D eigenvalue weighted by Gasteiger charge is -2.22. The molecule has 0 bridgehead atoms. The summed E-state index contributed by atoms with van der Waals surface area (Å²) in [7, 11) is 0. The Bertz CT molecular complexity index is 1570. The zero-order valence-corrected chi connectivity index (χ0v) is 66.1. The van der Waals surface area contributed by atoms with Crippen LogP contribution < -0.4 is 5.32 Å². The third-order valence-corrected chi connectivity index (χ3v) is 21.2. The molecule has 97 heavy (non-hydrogen) atoms. The number of hydrogen-bond acceptors (Lipinski definition) is 5. The van der Waals surface area contributed by atoms with Crippen molar-refractivity contribution in [2.45, 2.75) is 520 Å². The molecular formula is C91H175NO5. The van der Waals surface area contributed by atoms with E-state index in [2.05, 4.69) is 55.6 Å². The van der Waals surface area contributed by atoms with Crippen molar-refractivity contribution >= 4 is 11.9 Å². The van der Waals surface area contributed by atoms with Gasteiger partial charge < -0.3 is 20.3 Å². The molecule has 0 aliphatic carbocycles. The van der Waals surface area contributed by atoms with Gasteiger partial charge in [-0.2, -0.15) is 0 Å².